The van der Waals surface area contributed by atoms with Crippen molar-refractivity contribution in [3.05, 3.63) is 0 Å². The van der Waals surface area contributed by atoms with E-state index in [1.165, 1.54) is 19.3 Å². The summed E-state index contributed by atoms with van der Waals surface area (Å²) in [6.07, 6.45) is 4.82. The average molecular weight is 258 g/mol. The topological polar surface area (TPSA) is 38.5 Å². The Bertz CT molecular complexity index is 191. The van der Waals surface area contributed by atoms with Crippen LogP contribution in [0.5, 0.6) is 0 Å². The van der Waals surface area contributed by atoms with Crippen molar-refractivity contribution in [3.8, 4) is 0 Å². The minimum atomic E-state index is 0.165. The monoisotopic (exact) mass is 258 g/mol. The first-order chi connectivity index (χ1) is 8.56. The molecule has 0 aliphatic rings. The molecule has 0 heterocycles. The van der Waals surface area contributed by atoms with Gasteiger partial charge in [-0.25, -0.2) is 0 Å². The number of hydrogen-bond donors (Lipinski definition) is 1. The summed E-state index contributed by atoms with van der Waals surface area (Å²) in [6, 6.07) is 0. The van der Waals surface area contributed by atoms with Crippen molar-refractivity contribution in [2.24, 2.45) is 11.7 Å². The molecule has 0 amide bonds. The summed E-state index contributed by atoms with van der Waals surface area (Å²) >= 11 is 0. The van der Waals surface area contributed by atoms with Gasteiger partial charge in [0.2, 0.25) is 0 Å². The Hall–Kier alpha value is -0.120. The van der Waals surface area contributed by atoms with Crippen LogP contribution in [0.4, 0.5) is 0 Å². The van der Waals surface area contributed by atoms with Crippen LogP contribution in [0.2, 0.25) is 0 Å². The number of rotatable bonds is 11. The van der Waals surface area contributed by atoms with Crippen molar-refractivity contribution in [2.45, 2.75) is 58.9 Å². The maximum absolute atomic E-state index is 6.12. The fraction of sp³-hybridized carbons (Fsp3) is 1.00. The van der Waals surface area contributed by atoms with E-state index in [0.717, 1.165) is 32.7 Å². The normalized spacial score (nSPS) is 15.3. The molecule has 0 saturated heterocycles. The zero-order chi connectivity index (χ0) is 14.0. The standard InChI is InChI=1S/C15H34N2O/c1-6-8-9-15(7-2,13-16)17(10-11-18-5)12-14(3)4/h14H,6-13,16H2,1-5H3. The summed E-state index contributed by atoms with van der Waals surface area (Å²) < 4.78 is 5.26. The van der Waals surface area contributed by atoms with Gasteiger partial charge in [-0.2, -0.15) is 0 Å². The molecule has 3 heteroatoms. The maximum Gasteiger partial charge on any atom is 0.0589 e. The Morgan fingerprint density at radius 2 is 1.94 bits per heavy atom. The smallest absolute Gasteiger partial charge is 0.0589 e. The van der Waals surface area contributed by atoms with Crippen LogP contribution in [0.25, 0.3) is 0 Å². The van der Waals surface area contributed by atoms with E-state index >= 15 is 0 Å². The molecule has 0 bridgehead atoms. The van der Waals surface area contributed by atoms with Gasteiger partial charge in [-0.05, 0) is 18.8 Å². The second-order valence-corrected chi connectivity index (χ2v) is 5.72. The van der Waals surface area contributed by atoms with Gasteiger partial charge in [0.1, 0.15) is 0 Å². The van der Waals surface area contributed by atoms with Gasteiger partial charge in [-0.15, -0.1) is 0 Å². The van der Waals surface area contributed by atoms with E-state index < -0.39 is 0 Å². The van der Waals surface area contributed by atoms with Crippen LogP contribution in [0, 0.1) is 5.92 Å². The highest BCUT2D eigenvalue weighted by Crippen LogP contribution is 2.26. The largest absolute Gasteiger partial charge is 0.383 e. The summed E-state index contributed by atoms with van der Waals surface area (Å²) in [5.41, 5.74) is 6.29. The van der Waals surface area contributed by atoms with Crippen LogP contribution in [-0.2, 0) is 4.74 Å². The molecule has 0 fully saturated rings. The average Bonchev–Trinajstić information content (AvgIpc) is 2.36. The number of hydrogen-bond acceptors (Lipinski definition) is 3. The van der Waals surface area contributed by atoms with Crippen molar-refractivity contribution in [1.29, 1.82) is 0 Å². The molecule has 0 saturated carbocycles. The van der Waals surface area contributed by atoms with Gasteiger partial charge in [0, 0.05) is 32.3 Å². The Kier molecular flexibility index (Phi) is 9.70. The zero-order valence-corrected chi connectivity index (χ0v) is 13.2. The minimum absolute atomic E-state index is 0.165. The zero-order valence-electron chi connectivity index (χ0n) is 13.2. The Balaban J connectivity index is 4.80. The molecule has 2 N–H and O–H groups in total. The van der Waals surface area contributed by atoms with Crippen LogP contribution in [-0.4, -0.2) is 43.8 Å². The molecule has 1 unspecified atom stereocenters. The number of nitrogens with two attached hydrogens (primary N) is 1. The Morgan fingerprint density at radius 1 is 1.28 bits per heavy atom. The predicted molar refractivity (Wildman–Crippen MR) is 79.9 cm³/mol. The van der Waals surface area contributed by atoms with E-state index in [2.05, 4.69) is 32.6 Å². The molecule has 0 aromatic rings. The summed E-state index contributed by atoms with van der Waals surface area (Å²) in [6.45, 7) is 12.7. The molecule has 3 nitrogen and oxygen atoms in total. The summed E-state index contributed by atoms with van der Waals surface area (Å²) in [4.78, 5) is 2.57. The van der Waals surface area contributed by atoms with Gasteiger partial charge in [0.15, 0.2) is 0 Å². The highest BCUT2D eigenvalue weighted by Gasteiger charge is 2.33. The van der Waals surface area contributed by atoms with Crippen LogP contribution in [0.3, 0.4) is 0 Å². The third-order valence-electron chi connectivity index (χ3n) is 3.86. The van der Waals surface area contributed by atoms with E-state index in [1.807, 2.05) is 0 Å². The third-order valence-corrected chi connectivity index (χ3v) is 3.86. The van der Waals surface area contributed by atoms with E-state index in [0.29, 0.717) is 5.92 Å². The second-order valence-electron chi connectivity index (χ2n) is 5.72. The second kappa shape index (κ2) is 9.76. The molecule has 0 aromatic heterocycles. The highest BCUT2D eigenvalue weighted by atomic mass is 16.5. The molecule has 0 aromatic carbocycles. The lowest BCUT2D eigenvalue weighted by molar-refractivity contribution is 0.0395. The molecule has 0 aliphatic carbocycles. The fourth-order valence-corrected chi connectivity index (χ4v) is 2.60. The van der Waals surface area contributed by atoms with Crippen molar-refractivity contribution in [1.82, 2.24) is 4.90 Å². The predicted octanol–water partition coefficient (Wildman–Crippen LogP) is 2.89. The van der Waals surface area contributed by atoms with Gasteiger partial charge < -0.3 is 10.5 Å². The van der Waals surface area contributed by atoms with Crippen molar-refractivity contribution >= 4 is 0 Å². The molecule has 0 radical (unpaired) electrons. The number of nitrogens with zero attached hydrogens (tertiary/aromatic N) is 1. The molecule has 110 valence electrons. The number of methoxy groups -OCH3 is 1. The van der Waals surface area contributed by atoms with Crippen LogP contribution >= 0.6 is 0 Å². The van der Waals surface area contributed by atoms with Gasteiger partial charge >= 0.3 is 0 Å². The minimum Gasteiger partial charge on any atom is -0.383 e. The SMILES string of the molecule is CCCCC(CC)(CN)N(CCOC)CC(C)C. The Labute approximate surface area is 114 Å². The van der Waals surface area contributed by atoms with Crippen LogP contribution in [0.1, 0.15) is 53.4 Å². The lowest BCUT2D eigenvalue weighted by atomic mass is 9.87. The van der Waals surface area contributed by atoms with E-state index in [4.69, 9.17) is 10.5 Å². The van der Waals surface area contributed by atoms with E-state index in [-0.39, 0.29) is 5.54 Å². The first-order valence-corrected chi connectivity index (χ1v) is 7.50. The summed E-state index contributed by atoms with van der Waals surface area (Å²) in [7, 11) is 1.77. The van der Waals surface area contributed by atoms with Crippen LogP contribution < -0.4 is 5.73 Å². The van der Waals surface area contributed by atoms with Gasteiger partial charge in [0.05, 0.1) is 6.61 Å². The molecular weight excluding hydrogens is 224 g/mol. The third kappa shape index (κ3) is 5.68. The maximum atomic E-state index is 6.12. The van der Waals surface area contributed by atoms with Gasteiger partial charge in [0.25, 0.3) is 0 Å². The lowest BCUT2D eigenvalue weighted by Crippen LogP contribution is -2.55. The lowest BCUT2D eigenvalue weighted by Gasteiger charge is -2.44. The summed E-state index contributed by atoms with van der Waals surface area (Å²) in [5, 5.41) is 0. The molecule has 0 rings (SSSR count). The van der Waals surface area contributed by atoms with Gasteiger partial charge in [-0.1, -0.05) is 40.5 Å². The van der Waals surface area contributed by atoms with E-state index in [9.17, 15) is 0 Å². The van der Waals surface area contributed by atoms with Crippen molar-refractivity contribution in [2.75, 3.05) is 33.4 Å². The summed E-state index contributed by atoms with van der Waals surface area (Å²) in [5.74, 6) is 0.668. The Morgan fingerprint density at radius 3 is 2.33 bits per heavy atom. The molecular formula is C15H34N2O. The first-order valence-electron chi connectivity index (χ1n) is 7.50. The fourth-order valence-electron chi connectivity index (χ4n) is 2.60. The first kappa shape index (κ1) is 17.9. The van der Waals surface area contributed by atoms with Crippen LogP contribution in [0.15, 0.2) is 0 Å². The number of unbranched alkanes of at least 4 members (excludes halogenated alkanes) is 1. The molecule has 1 atom stereocenters. The van der Waals surface area contributed by atoms with Crippen molar-refractivity contribution < 1.29 is 4.74 Å². The molecule has 0 aliphatic heterocycles. The molecule has 0 spiro atoms. The molecule has 18 heavy (non-hydrogen) atoms. The quantitative estimate of drug-likeness (QED) is 0.619. The highest BCUT2D eigenvalue weighted by molar-refractivity contribution is 4.91. The van der Waals surface area contributed by atoms with E-state index in [1.54, 1.807) is 7.11 Å². The van der Waals surface area contributed by atoms with Crippen molar-refractivity contribution in [3.63, 3.8) is 0 Å². The number of ether oxygens (including phenoxy) is 1. The van der Waals surface area contributed by atoms with Gasteiger partial charge in [-0.3, -0.25) is 4.90 Å².